The SMILES string of the molecule is CNCCC1CSc2cc(C(C)(C)C)ccc2N1. The lowest BCUT2D eigenvalue weighted by molar-refractivity contribution is 0.588. The second kappa shape index (κ2) is 5.54. The highest BCUT2D eigenvalue weighted by Crippen LogP contribution is 2.37. The zero-order chi connectivity index (χ0) is 13.2. The highest BCUT2D eigenvalue weighted by Gasteiger charge is 2.20. The molecule has 100 valence electrons. The molecular formula is C15H24N2S. The van der Waals surface area contributed by atoms with Crippen LogP contribution in [0.15, 0.2) is 23.1 Å². The Kier molecular flexibility index (Phi) is 4.23. The van der Waals surface area contributed by atoms with Crippen molar-refractivity contribution in [1.29, 1.82) is 0 Å². The van der Waals surface area contributed by atoms with Gasteiger partial charge in [-0.15, -0.1) is 11.8 Å². The van der Waals surface area contributed by atoms with Crippen LogP contribution in [0.4, 0.5) is 5.69 Å². The summed E-state index contributed by atoms with van der Waals surface area (Å²) >= 11 is 1.99. The number of thioether (sulfide) groups is 1. The molecular weight excluding hydrogens is 240 g/mol. The Morgan fingerprint density at radius 3 is 2.83 bits per heavy atom. The molecule has 0 saturated carbocycles. The molecule has 0 aromatic heterocycles. The molecule has 0 aliphatic carbocycles. The average molecular weight is 264 g/mol. The Morgan fingerprint density at radius 2 is 2.17 bits per heavy atom. The normalized spacial score (nSPS) is 19.2. The molecule has 2 nitrogen and oxygen atoms in total. The molecule has 2 rings (SSSR count). The van der Waals surface area contributed by atoms with Gasteiger partial charge in [0.1, 0.15) is 0 Å². The topological polar surface area (TPSA) is 24.1 Å². The first-order chi connectivity index (χ1) is 8.50. The van der Waals surface area contributed by atoms with Gasteiger partial charge in [0.25, 0.3) is 0 Å². The number of hydrogen-bond donors (Lipinski definition) is 2. The first-order valence-corrected chi connectivity index (χ1v) is 7.68. The number of hydrogen-bond acceptors (Lipinski definition) is 3. The molecule has 1 atom stereocenters. The van der Waals surface area contributed by atoms with E-state index >= 15 is 0 Å². The minimum Gasteiger partial charge on any atom is -0.381 e. The lowest BCUT2D eigenvalue weighted by atomic mass is 9.87. The molecule has 1 heterocycles. The summed E-state index contributed by atoms with van der Waals surface area (Å²) in [7, 11) is 2.01. The van der Waals surface area contributed by atoms with E-state index in [0.29, 0.717) is 6.04 Å². The van der Waals surface area contributed by atoms with Crippen molar-refractivity contribution in [3.8, 4) is 0 Å². The molecule has 0 amide bonds. The molecule has 0 radical (unpaired) electrons. The lowest BCUT2D eigenvalue weighted by Gasteiger charge is -2.28. The predicted molar refractivity (Wildman–Crippen MR) is 81.8 cm³/mol. The molecule has 2 N–H and O–H groups in total. The minimum absolute atomic E-state index is 0.235. The fourth-order valence-electron chi connectivity index (χ4n) is 2.15. The van der Waals surface area contributed by atoms with Gasteiger partial charge in [-0.1, -0.05) is 26.8 Å². The van der Waals surface area contributed by atoms with E-state index in [1.165, 1.54) is 28.3 Å². The highest BCUT2D eigenvalue weighted by atomic mass is 32.2. The maximum Gasteiger partial charge on any atom is 0.0481 e. The molecule has 1 aliphatic heterocycles. The Balaban J connectivity index is 2.11. The van der Waals surface area contributed by atoms with Crippen LogP contribution in [-0.4, -0.2) is 25.4 Å². The van der Waals surface area contributed by atoms with Crippen LogP contribution in [-0.2, 0) is 5.41 Å². The van der Waals surface area contributed by atoms with E-state index in [2.05, 4.69) is 49.6 Å². The predicted octanol–water partition coefficient (Wildman–Crippen LogP) is 3.48. The third-order valence-corrected chi connectivity index (χ3v) is 4.61. The Hall–Kier alpha value is -0.670. The van der Waals surface area contributed by atoms with Crippen LogP contribution in [0.2, 0.25) is 0 Å². The molecule has 18 heavy (non-hydrogen) atoms. The van der Waals surface area contributed by atoms with Crippen molar-refractivity contribution in [2.45, 2.75) is 43.5 Å². The largest absolute Gasteiger partial charge is 0.381 e. The Bertz CT molecular complexity index is 409. The van der Waals surface area contributed by atoms with Crippen molar-refractivity contribution >= 4 is 17.4 Å². The van der Waals surface area contributed by atoms with E-state index in [1.54, 1.807) is 0 Å². The monoisotopic (exact) mass is 264 g/mol. The summed E-state index contributed by atoms with van der Waals surface area (Å²) in [5.74, 6) is 1.17. The number of benzene rings is 1. The van der Waals surface area contributed by atoms with Gasteiger partial charge in [0.15, 0.2) is 0 Å². The second-order valence-electron chi connectivity index (χ2n) is 6.01. The van der Waals surface area contributed by atoms with Crippen molar-refractivity contribution in [1.82, 2.24) is 5.32 Å². The van der Waals surface area contributed by atoms with Gasteiger partial charge in [-0.25, -0.2) is 0 Å². The van der Waals surface area contributed by atoms with Crippen LogP contribution < -0.4 is 10.6 Å². The van der Waals surface area contributed by atoms with Crippen molar-refractivity contribution in [3.05, 3.63) is 23.8 Å². The molecule has 0 bridgehead atoms. The van der Waals surface area contributed by atoms with Gasteiger partial charge in [0.05, 0.1) is 0 Å². The summed E-state index contributed by atoms with van der Waals surface area (Å²) in [6.45, 7) is 7.88. The van der Waals surface area contributed by atoms with Gasteiger partial charge < -0.3 is 10.6 Å². The Morgan fingerprint density at radius 1 is 1.39 bits per heavy atom. The first-order valence-electron chi connectivity index (χ1n) is 6.69. The third-order valence-electron chi connectivity index (χ3n) is 3.39. The summed E-state index contributed by atoms with van der Waals surface area (Å²) in [5.41, 5.74) is 2.96. The summed E-state index contributed by atoms with van der Waals surface area (Å²) < 4.78 is 0. The zero-order valence-corrected chi connectivity index (χ0v) is 12.7. The lowest BCUT2D eigenvalue weighted by Crippen LogP contribution is -2.29. The maximum atomic E-state index is 3.65. The summed E-state index contributed by atoms with van der Waals surface area (Å²) in [5, 5.41) is 6.87. The van der Waals surface area contributed by atoms with Crippen LogP contribution in [0.25, 0.3) is 0 Å². The van der Waals surface area contributed by atoms with Gasteiger partial charge in [-0.2, -0.15) is 0 Å². The standard InChI is InChI=1S/C15H24N2S/c1-15(2,3)11-5-6-13-14(9-11)18-10-12(17-13)7-8-16-4/h5-6,9,12,16-17H,7-8,10H2,1-4H3. The molecule has 0 spiro atoms. The fraction of sp³-hybridized carbons (Fsp3) is 0.600. The average Bonchev–Trinajstić information content (AvgIpc) is 2.34. The quantitative estimate of drug-likeness (QED) is 0.874. The summed E-state index contributed by atoms with van der Waals surface area (Å²) in [6.07, 6.45) is 1.18. The van der Waals surface area contributed by atoms with E-state index in [0.717, 1.165) is 6.54 Å². The fourth-order valence-corrected chi connectivity index (χ4v) is 3.28. The van der Waals surface area contributed by atoms with E-state index in [1.807, 2.05) is 18.8 Å². The third kappa shape index (κ3) is 3.21. The van der Waals surface area contributed by atoms with E-state index in [-0.39, 0.29) is 5.41 Å². The van der Waals surface area contributed by atoms with Gasteiger partial charge >= 0.3 is 0 Å². The van der Waals surface area contributed by atoms with Crippen molar-refractivity contribution in [2.24, 2.45) is 0 Å². The molecule has 3 heteroatoms. The smallest absolute Gasteiger partial charge is 0.0481 e. The van der Waals surface area contributed by atoms with Gasteiger partial charge in [-0.3, -0.25) is 0 Å². The van der Waals surface area contributed by atoms with Gasteiger partial charge in [-0.05, 0) is 43.1 Å². The molecule has 1 aromatic carbocycles. The minimum atomic E-state index is 0.235. The van der Waals surface area contributed by atoms with E-state index < -0.39 is 0 Å². The number of anilines is 1. The summed E-state index contributed by atoms with van der Waals surface area (Å²) in [6, 6.07) is 7.44. The highest BCUT2D eigenvalue weighted by molar-refractivity contribution is 7.99. The van der Waals surface area contributed by atoms with Gasteiger partial charge in [0, 0.05) is 22.4 Å². The molecule has 0 saturated heterocycles. The van der Waals surface area contributed by atoms with E-state index in [4.69, 9.17) is 0 Å². The molecule has 1 aliphatic rings. The first kappa shape index (κ1) is 13.8. The van der Waals surface area contributed by atoms with Crippen LogP contribution in [0.1, 0.15) is 32.8 Å². The van der Waals surface area contributed by atoms with Crippen molar-refractivity contribution in [2.75, 3.05) is 24.7 Å². The number of nitrogens with one attached hydrogen (secondary N) is 2. The van der Waals surface area contributed by atoms with Crippen molar-refractivity contribution < 1.29 is 0 Å². The molecule has 1 aromatic rings. The van der Waals surface area contributed by atoms with Crippen LogP contribution in [0, 0.1) is 0 Å². The van der Waals surface area contributed by atoms with Crippen molar-refractivity contribution in [3.63, 3.8) is 0 Å². The number of fused-ring (bicyclic) bond motifs is 1. The van der Waals surface area contributed by atoms with E-state index in [9.17, 15) is 0 Å². The van der Waals surface area contributed by atoms with Crippen LogP contribution in [0.3, 0.4) is 0 Å². The zero-order valence-electron chi connectivity index (χ0n) is 11.8. The van der Waals surface area contributed by atoms with Gasteiger partial charge in [0.2, 0.25) is 0 Å². The van der Waals surface area contributed by atoms with Crippen LogP contribution >= 0.6 is 11.8 Å². The van der Waals surface area contributed by atoms with Crippen LogP contribution in [0.5, 0.6) is 0 Å². The second-order valence-corrected chi connectivity index (χ2v) is 7.07. The number of rotatable bonds is 3. The molecule has 1 unspecified atom stereocenters. The maximum absolute atomic E-state index is 3.65. The molecule has 0 fully saturated rings. The Labute approximate surface area is 115 Å². The summed E-state index contributed by atoms with van der Waals surface area (Å²) in [4.78, 5) is 1.41.